The highest BCUT2D eigenvalue weighted by Crippen LogP contribution is 2.33. The summed E-state index contributed by atoms with van der Waals surface area (Å²) in [6.45, 7) is 5.83. The lowest BCUT2D eigenvalue weighted by Crippen LogP contribution is -2.30. The second-order valence-corrected chi connectivity index (χ2v) is 5.17. The lowest BCUT2D eigenvalue weighted by molar-refractivity contribution is -0.139. The fraction of sp³-hybridized carbons (Fsp3) is 0.429. The van der Waals surface area contributed by atoms with E-state index in [0.717, 1.165) is 16.6 Å². The molecule has 1 aromatic heterocycles. The van der Waals surface area contributed by atoms with Crippen molar-refractivity contribution in [3.63, 3.8) is 0 Å². The van der Waals surface area contributed by atoms with Crippen LogP contribution in [0, 0.1) is 6.92 Å². The molecule has 0 aliphatic carbocycles. The maximum Gasteiger partial charge on any atom is 0.338 e. The Morgan fingerprint density at radius 3 is 2.80 bits per heavy atom. The third kappa shape index (κ3) is 2.90. The molecule has 2 heterocycles. The summed E-state index contributed by atoms with van der Waals surface area (Å²) in [6.07, 6.45) is 1.93. The summed E-state index contributed by atoms with van der Waals surface area (Å²) in [6, 6.07) is 3.26. The second-order valence-electron chi connectivity index (χ2n) is 4.37. The van der Waals surface area contributed by atoms with E-state index < -0.39 is 6.04 Å². The summed E-state index contributed by atoms with van der Waals surface area (Å²) >= 11 is 1.49. The zero-order valence-electron chi connectivity index (χ0n) is 12.0. The van der Waals surface area contributed by atoms with Gasteiger partial charge in [0.1, 0.15) is 17.6 Å². The lowest BCUT2D eigenvalue weighted by Gasteiger charge is -2.23. The molecule has 2 rings (SSSR count). The van der Waals surface area contributed by atoms with E-state index in [-0.39, 0.29) is 5.97 Å². The minimum absolute atomic E-state index is 0.332. The number of carbonyl (C=O) groups is 1. The van der Waals surface area contributed by atoms with E-state index in [4.69, 9.17) is 9.15 Å². The summed E-state index contributed by atoms with van der Waals surface area (Å²) in [5.41, 5.74) is 1.25. The predicted octanol–water partition coefficient (Wildman–Crippen LogP) is 2.79. The molecule has 5 nitrogen and oxygen atoms in total. The van der Waals surface area contributed by atoms with Crippen LogP contribution in [-0.4, -0.2) is 24.0 Å². The topological polar surface area (TPSA) is 63.8 Å². The first-order valence-corrected chi connectivity index (χ1v) is 7.62. The Morgan fingerprint density at radius 1 is 1.50 bits per heavy atom. The Labute approximate surface area is 122 Å². The predicted molar refractivity (Wildman–Crippen MR) is 79.6 cm³/mol. The number of furan rings is 1. The zero-order chi connectivity index (χ0) is 14.7. The van der Waals surface area contributed by atoms with Gasteiger partial charge in [-0.15, -0.1) is 0 Å². The quantitative estimate of drug-likeness (QED) is 0.868. The SMILES string of the molecule is CCOC(=O)C1=C(C)NC(SC)=NC1c1ccc(C)o1. The largest absolute Gasteiger partial charge is 0.464 e. The molecule has 0 saturated heterocycles. The highest BCUT2D eigenvalue weighted by atomic mass is 32.2. The van der Waals surface area contributed by atoms with Crippen LogP contribution in [-0.2, 0) is 9.53 Å². The van der Waals surface area contributed by atoms with Gasteiger partial charge in [-0.05, 0) is 39.2 Å². The van der Waals surface area contributed by atoms with Gasteiger partial charge in [0.25, 0.3) is 0 Å². The second kappa shape index (κ2) is 6.17. The smallest absolute Gasteiger partial charge is 0.338 e. The van der Waals surface area contributed by atoms with Crippen molar-refractivity contribution in [2.75, 3.05) is 12.9 Å². The zero-order valence-corrected chi connectivity index (χ0v) is 12.8. The number of allylic oxidation sites excluding steroid dienone is 1. The van der Waals surface area contributed by atoms with Crippen LogP contribution in [0.4, 0.5) is 0 Å². The molecule has 0 radical (unpaired) electrons. The molecule has 108 valence electrons. The first-order chi connectivity index (χ1) is 9.56. The number of ether oxygens (including phenoxy) is 1. The molecule has 0 aromatic carbocycles. The molecule has 1 aliphatic heterocycles. The van der Waals surface area contributed by atoms with E-state index in [1.165, 1.54) is 11.8 Å². The fourth-order valence-electron chi connectivity index (χ4n) is 2.03. The molecule has 1 unspecified atom stereocenters. The van der Waals surface area contributed by atoms with Crippen LogP contribution in [0.3, 0.4) is 0 Å². The fourth-order valence-corrected chi connectivity index (χ4v) is 2.50. The molecule has 6 heteroatoms. The number of carbonyl (C=O) groups excluding carboxylic acids is 1. The van der Waals surface area contributed by atoms with Crippen LogP contribution in [0.2, 0.25) is 0 Å². The first-order valence-electron chi connectivity index (χ1n) is 6.39. The standard InChI is InChI=1S/C14H18N2O3S/c1-5-18-13(17)11-9(3)15-14(20-4)16-12(11)10-7-6-8(2)19-10/h6-7,12H,5H2,1-4H3,(H,15,16). The van der Waals surface area contributed by atoms with Gasteiger partial charge in [-0.25, -0.2) is 9.79 Å². The number of aryl methyl sites for hydroxylation is 1. The van der Waals surface area contributed by atoms with Crippen molar-refractivity contribution in [3.8, 4) is 0 Å². The van der Waals surface area contributed by atoms with Crippen molar-refractivity contribution in [1.29, 1.82) is 0 Å². The number of nitrogens with one attached hydrogen (secondary N) is 1. The summed E-state index contributed by atoms with van der Waals surface area (Å²) in [5.74, 6) is 1.08. The average Bonchev–Trinajstić information content (AvgIpc) is 2.84. The molecular formula is C14H18N2O3S. The van der Waals surface area contributed by atoms with Crippen LogP contribution in [0.5, 0.6) is 0 Å². The van der Waals surface area contributed by atoms with Crippen LogP contribution in [0.15, 0.2) is 32.8 Å². The Bertz CT molecular complexity index is 575. The monoisotopic (exact) mass is 294 g/mol. The lowest BCUT2D eigenvalue weighted by atomic mass is 10.0. The number of thioether (sulfide) groups is 1. The molecular weight excluding hydrogens is 276 g/mol. The molecule has 20 heavy (non-hydrogen) atoms. The van der Waals surface area contributed by atoms with Gasteiger partial charge in [0, 0.05) is 5.70 Å². The van der Waals surface area contributed by atoms with Crippen molar-refractivity contribution in [2.24, 2.45) is 4.99 Å². The molecule has 0 bridgehead atoms. The number of aliphatic imine (C=N–C) groups is 1. The molecule has 0 fully saturated rings. The van der Waals surface area contributed by atoms with Gasteiger partial charge in [0.05, 0.1) is 12.2 Å². The third-order valence-corrected chi connectivity index (χ3v) is 3.53. The normalized spacial score (nSPS) is 18.6. The van der Waals surface area contributed by atoms with Crippen LogP contribution >= 0.6 is 11.8 Å². The molecule has 0 amide bonds. The minimum Gasteiger partial charge on any atom is -0.464 e. The number of amidine groups is 1. The summed E-state index contributed by atoms with van der Waals surface area (Å²) in [4.78, 5) is 16.7. The summed E-state index contributed by atoms with van der Waals surface area (Å²) < 4.78 is 10.8. The van der Waals surface area contributed by atoms with E-state index in [1.54, 1.807) is 6.92 Å². The third-order valence-electron chi connectivity index (χ3n) is 2.94. The summed E-state index contributed by atoms with van der Waals surface area (Å²) in [5, 5.41) is 3.87. The van der Waals surface area contributed by atoms with Crippen LogP contribution in [0.1, 0.15) is 31.4 Å². The van der Waals surface area contributed by atoms with E-state index in [2.05, 4.69) is 10.3 Å². The van der Waals surface area contributed by atoms with E-state index in [9.17, 15) is 4.79 Å². The number of esters is 1. The van der Waals surface area contributed by atoms with Crippen molar-refractivity contribution < 1.29 is 13.9 Å². The number of hydrogen-bond acceptors (Lipinski definition) is 6. The Hall–Kier alpha value is -1.69. The van der Waals surface area contributed by atoms with Crippen molar-refractivity contribution in [2.45, 2.75) is 26.8 Å². The summed E-state index contributed by atoms with van der Waals surface area (Å²) in [7, 11) is 0. The van der Waals surface area contributed by atoms with Crippen molar-refractivity contribution in [3.05, 3.63) is 34.9 Å². The first kappa shape index (κ1) is 14.7. The molecule has 1 aromatic rings. The molecule has 1 atom stereocenters. The Balaban J connectivity index is 2.42. The Morgan fingerprint density at radius 2 is 2.25 bits per heavy atom. The maximum absolute atomic E-state index is 12.2. The van der Waals surface area contributed by atoms with E-state index >= 15 is 0 Å². The van der Waals surface area contributed by atoms with Crippen LogP contribution < -0.4 is 5.32 Å². The van der Waals surface area contributed by atoms with Gasteiger partial charge in [0.15, 0.2) is 5.17 Å². The van der Waals surface area contributed by atoms with E-state index in [1.807, 2.05) is 32.2 Å². The van der Waals surface area contributed by atoms with Gasteiger partial charge < -0.3 is 14.5 Å². The number of nitrogens with zero attached hydrogens (tertiary/aromatic N) is 1. The average molecular weight is 294 g/mol. The molecule has 1 N–H and O–H groups in total. The number of rotatable bonds is 3. The van der Waals surface area contributed by atoms with Gasteiger partial charge in [0.2, 0.25) is 0 Å². The number of hydrogen-bond donors (Lipinski definition) is 1. The van der Waals surface area contributed by atoms with Gasteiger partial charge in [-0.3, -0.25) is 0 Å². The molecule has 1 aliphatic rings. The highest BCUT2D eigenvalue weighted by Gasteiger charge is 2.32. The van der Waals surface area contributed by atoms with Crippen LogP contribution in [0.25, 0.3) is 0 Å². The molecule has 0 spiro atoms. The maximum atomic E-state index is 12.2. The minimum atomic E-state index is -0.452. The highest BCUT2D eigenvalue weighted by molar-refractivity contribution is 8.13. The Kier molecular flexibility index (Phi) is 4.54. The van der Waals surface area contributed by atoms with Gasteiger partial charge in [-0.2, -0.15) is 0 Å². The van der Waals surface area contributed by atoms with Gasteiger partial charge >= 0.3 is 5.97 Å². The molecule has 0 saturated carbocycles. The van der Waals surface area contributed by atoms with Gasteiger partial charge in [-0.1, -0.05) is 11.8 Å². The van der Waals surface area contributed by atoms with Crippen molar-refractivity contribution in [1.82, 2.24) is 5.32 Å². The van der Waals surface area contributed by atoms with E-state index in [0.29, 0.717) is 17.9 Å². The van der Waals surface area contributed by atoms with Crippen molar-refractivity contribution >= 4 is 22.9 Å².